The first-order chi connectivity index (χ1) is 13.3. The number of hydrogen-bond donors (Lipinski definition) is 1. The standard InChI is InChI=1S/C21H21F3N2O2/c1-12-2-4-13(5-3-12)19(25)21(28)26-8-6-14(7-9-26)20(27)18-16(23)10-15(22)11-17(18)24/h2-5,10-11,14,19H,6-9,25H2,1H3. The van der Waals surface area contributed by atoms with Gasteiger partial charge in [0.15, 0.2) is 5.78 Å². The van der Waals surface area contributed by atoms with Gasteiger partial charge >= 0.3 is 0 Å². The maximum Gasteiger partial charge on any atom is 0.244 e. The Morgan fingerprint density at radius 2 is 1.57 bits per heavy atom. The number of nitrogens with two attached hydrogens (primary N) is 1. The van der Waals surface area contributed by atoms with Crippen LogP contribution in [0.15, 0.2) is 36.4 Å². The molecule has 1 aliphatic heterocycles. The molecule has 3 rings (SSSR count). The molecule has 0 aliphatic carbocycles. The molecule has 7 heteroatoms. The third kappa shape index (κ3) is 4.09. The van der Waals surface area contributed by atoms with Crippen molar-refractivity contribution in [2.24, 2.45) is 11.7 Å². The maximum atomic E-state index is 13.9. The molecule has 0 aromatic heterocycles. The molecule has 1 aliphatic rings. The van der Waals surface area contributed by atoms with E-state index in [9.17, 15) is 22.8 Å². The van der Waals surface area contributed by atoms with E-state index in [0.717, 1.165) is 5.56 Å². The van der Waals surface area contributed by atoms with Crippen LogP contribution in [0.4, 0.5) is 13.2 Å². The van der Waals surface area contributed by atoms with Crippen LogP contribution in [-0.4, -0.2) is 29.7 Å². The van der Waals surface area contributed by atoms with E-state index in [0.29, 0.717) is 17.7 Å². The predicted octanol–water partition coefficient (Wildman–Crippen LogP) is 3.53. The Bertz CT molecular complexity index is 868. The number of benzene rings is 2. The molecule has 148 valence electrons. The van der Waals surface area contributed by atoms with Gasteiger partial charge in [0.2, 0.25) is 5.91 Å². The number of piperidine rings is 1. The van der Waals surface area contributed by atoms with Gasteiger partial charge in [0.1, 0.15) is 23.5 Å². The summed E-state index contributed by atoms with van der Waals surface area (Å²) in [5.74, 6) is -5.07. The van der Waals surface area contributed by atoms with Crippen LogP contribution in [0, 0.1) is 30.3 Å². The summed E-state index contributed by atoms with van der Waals surface area (Å²) in [5, 5.41) is 0. The van der Waals surface area contributed by atoms with E-state index < -0.39 is 40.8 Å². The van der Waals surface area contributed by atoms with Gasteiger partial charge in [-0.3, -0.25) is 9.59 Å². The number of carbonyl (C=O) groups excluding carboxylic acids is 2. The lowest BCUT2D eigenvalue weighted by Crippen LogP contribution is -2.44. The van der Waals surface area contributed by atoms with Gasteiger partial charge in [-0.05, 0) is 25.3 Å². The third-order valence-electron chi connectivity index (χ3n) is 5.13. The molecule has 4 nitrogen and oxygen atoms in total. The number of hydrogen-bond acceptors (Lipinski definition) is 3. The summed E-state index contributed by atoms with van der Waals surface area (Å²) in [6, 6.07) is 7.53. The van der Waals surface area contributed by atoms with Crippen molar-refractivity contribution in [3.05, 3.63) is 70.5 Å². The van der Waals surface area contributed by atoms with Crippen molar-refractivity contribution in [1.82, 2.24) is 4.90 Å². The summed E-state index contributed by atoms with van der Waals surface area (Å²) in [4.78, 5) is 26.7. The maximum absolute atomic E-state index is 13.9. The van der Waals surface area contributed by atoms with Gasteiger partial charge < -0.3 is 10.6 Å². The monoisotopic (exact) mass is 390 g/mol. The second-order valence-electron chi connectivity index (χ2n) is 7.10. The zero-order valence-electron chi connectivity index (χ0n) is 15.4. The molecular weight excluding hydrogens is 369 g/mol. The zero-order valence-corrected chi connectivity index (χ0v) is 15.4. The van der Waals surface area contributed by atoms with E-state index >= 15 is 0 Å². The highest BCUT2D eigenvalue weighted by Gasteiger charge is 2.32. The Labute approximate surface area is 161 Å². The Morgan fingerprint density at radius 1 is 1.04 bits per heavy atom. The van der Waals surface area contributed by atoms with Crippen LogP contribution >= 0.6 is 0 Å². The summed E-state index contributed by atoms with van der Waals surface area (Å²) in [6.07, 6.45) is 0.531. The average Bonchev–Trinajstić information content (AvgIpc) is 2.66. The topological polar surface area (TPSA) is 63.4 Å². The lowest BCUT2D eigenvalue weighted by molar-refractivity contribution is -0.134. The molecule has 1 heterocycles. The van der Waals surface area contributed by atoms with Crippen molar-refractivity contribution < 1.29 is 22.8 Å². The van der Waals surface area contributed by atoms with Gasteiger partial charge in [-0.2, -0.15) is 0 Å². The van der Waals surface area contributed by atoms with Gasteiger partial charge in [-0.1, -0.05) is 29.8 Å². The summed E-state index contributed by atoms with van der Waals surface area (Å²) in [6.45, 7) is 2.46. The molecule has 2 aromatic carbocycles. The normalized spacial score (nSPS) is 16.1. The zero-order chi connectivity index (χ0) is 20.4. The largest absolute Gasteiger partial charge is 0.341 e. The quantitative estimate of drug-likeness (QED) is 0.813. The van der Waals surface area contributed by atoms with Gasteiger partial charge in [0, 0.05) is 31.1 Å². The van der Waals surface area contributed by atoms with E-state index in [2.05, 4.69) is 0 Å². The number of carbonyl (C=O) groups is 2. The van der Waals surface area contributed by atoms with E-state index in [4.69, 9.17) is 5.73 Å². The molecule has 1 fully saturated rings. The number of halogens is 3. The Morgan fingerprint density at radius 3 is 2.11 bits per heavy atom. The van der Waals surface area contributed by atoms with E-state index in [-0.39, 0.29) is 31.8 Å². The minimum atomic E-state index is -1.21. The van der Waals surface area contributed by atoms with Crippen LogP contribution < -0.4 is 5.73 Å². The lowest BCUT2D eigenvalue weighted by Gasteiger charge is -2.33. The fraction of sp³-hybridized carbons (Fsp3) is 0.333. The van der Waals surface area contributed by atoms with Crippen LogP contribution in [0.2, 0.25) is 0 Å². The summed E-state index contributed by atoms with van der Waals surface area (Å²) >= 11 is 0. The van der Waals surface area contributed by atoms with E-state index in [1.54, 1.807) is 17.0 Å². The molecule has 1 amide bonds. The number of rotatable bonds is 4. The predicted molar refractivity (Wildman–Crippen MR) is 98.1 cm³/mol. The molecule has 0 radical (unpaired) electrons. The van der Waals surface area contributed by atoms with Gasteiger partial charge in [-0.15, -0.1) is 0 Å². The van der Waals surface area contributed by atoms with Crippen molar-refractivity contribution in [2.75, 3.05) is 13.1 Å². The Hall–Kier alpha value is -2.67. The van der Waals surface area contributed by atoms with Crippen LogP contribution in [0.1, 0.15) is 40.4 Å². The van der Waals surface area contributed by atoms with Gasteiger partial charge in [0.25, 0.3) is 0 Å². The molecule has 0 saturated carbocycles. The first-order valence-corrected chi connectivity index (χ1v) is 9.07. The molecule has 1 saturated heterocycles. The number of likely N-dealkylation sites (tertiary alicyclic amines) is 1. The molecule has 0 spiro atoms. The van der Waals surface area contributed by atoms with Gasteiger partial charge in [0.05, 0.1) is 5.56 Å². The Kier molecular flexibility index (Phi) is 5.84. The second-order valence-corrected chi connectivity index (χ2v) is 7.10. The van der Waals surface area contributed by atoms with Crippen molar-refractivity contribution >= 4 is 11.7 Å². The first kappa shape index (κ1) is 20.1. The van der Waals surface area contributed by atoms with Gasteiger partial charge in [-0.25, -0.2) is 13.2 Å². The molecule has 0 bridgehead atoms. The minimum Gasteiger partial charge on any atom is -0.341 e. The fourth-order valence-corrected chi connectivity index (χ4v) is 3.46. The summed E-state index contributed by atoms with van der Waals surface area (Å²) < 4.78 is 40.8. The van der Waals surface area contributed by atoms with E-state index in [1.165, 1.54) is 0 Å². The number of aryl methyl sites for hydroxylation is 1. The number of amides is 1. The third-order valence-corrected chi connectivity index (χ3v) is 5.13. The number of ketones is 1. The summed E-state index contributed by atoms with van der Waals surface area (Å²) in [5.41, 5.74) is 7.10. The minimum absolute atomic E-state index is 0.256. The molecule has 2 aromatic rings. The highest BCUT2D eigenvalue weighted by Crippen LogP contribution is 2.26. The SMILES string of the molecule is Cc1ccc(C(N)C(=O)N2CCC(C(=O)c3c(F)cc(F)cc3F)CC2)cc1. The smallest absolute Gasteiger partial charge is 0.244 e. The first-order valence-electron chi connectivity index (χ1n) is 9.07. The lowest BCUT2D eigenvalue weighted by atomic mass is 9.88. The van der Waals surface area contributed by atoms with Crippen LogP contribution in [-0.2, 0) is 4.79 Å². The highest BCUT2D eigenvalue weighted by molar-refractivity contribution is 5.98. The summed E-state index contributed by atoms with van der Waals surface area (Å²) in [7, 11) is 0. The fourth-order valence-electron chi connectivity index (χ4n) is 3.46. The average molecular weight is 390 g/mol. The molecule has 2 N–H and O–H groups in total. The van der Waals surface area contributed by atoms with Crippen molar-refractivity contribution in [3.8, 4) is 0 Å². The van der Waals surface area contributed by atoms with Crippen LogP contribution in [0.25, 0.3) is 0 Å². The second kappa shape index (κ2) is 8.14. The van der Waals surface area contributed by atoms with Crippen LogP contribution in [0.3, 0.4) is 0 Å². The molecule has 28 heavy (non-hydrogen) atoms. The van der Waals surface area contributed by atoms with Crippen LogP contribution in [0.5, 0.6) is 0 Å². The van der Waals surface area contributed by atoms with E-state index in [1.807, 2.05) is 19.1 Å². The molecule has 1 unspecified atom stereocenters. The molecular formula is C21H21F3N2O2. The van der Waals surface area contributed by atoms with Crippen molar-refractivity contribution in [1.29, 1.82) is 0 Å². The molecule has 1 atom stereocenters. The van der Waals surface area contributed by atoms with Crippen molar-refractivity contribution in [2.45, 2.75) is 25.8 Å². The Balaban J connectivity index is 1.65. The van der Waals surface area contributed by atoms with Crippen molar-refractivity contribution in [3.63, 3.8) is 0 Å². The number of nitrogens with zero attached hydrogens (tertiary/aromatic N) is 1. The number of Topliss-reactive ketones (excluding diaryl/α,β-unsaturated/α-hetero) is 1. The highest BCUT2D eigenvalue weighted by atomic mass is 19.1.